The minimum atomic E-state index is -0.399. The molecule has 1 aromatic carbocycles. The van der Waals surface area contributed by atoms with Gasteiger partial charge in [0, 0.05) is 17.1 Å². The third-order valence-electron chi connectivity index (χ3n) is 3.69. The molecule has 8 nitrogen and oxygen atoms in total. The van der Waals surface area contributed by atoms with Gasteiger partial charge in [0.05, 0.1) is 30.6 Å². The van der Waals surface area contributed by atoms with Crippen molar-refractivity contribution in [2.75, 3.05) is 11.9 Å². The first-order valence-corrected chi connectivity index (χ1v) is 9.45. The van der Waals surface area contributed by atoms with E-state index in [1.807, 2.05) is 30.3 Å². The van der Waals surface area contributed by atoms with Crippen molar-refractivity contribution in [3.63, 3.8) is 0 Å². The molecule has 0 saturated carbocycles. The summed E-state index contributed by atoms with van der Waals surface area (Å²) < 4.78 is 6.16. The number of hydrogen-bond acceptors (Lipinski definition) is 7. The number of benzene rings is 1. The molecule has 0 spiro atoms. The second-order valence-electron chi connectivity index (χ2n) is 5.78. The number of thiazole rings is 1. The van der Waals surface area contributed by atoms with Gasteiger partial charge in [0.1, 0.15) is 6.54 Å². The summed E-state index contributed by atoms with van der Waals surface area (Å²) >= 11 is 1.20. The van der Waals surface area contributed by atoms with E-state index in [1.54, 1.807) is 18.5 Å². The summed E-state index contributed by atoms with van der Waals surface area (Å²) in [6.07, 6.45) is 2.78. The standard InChI is InChI=1S/C19H18N4O4S/c1-2-27-18(26)8-14-12-28-19(21-14)22-16(24)11-23-10-15(20-9-17(23)25)13-6-4-3-5-7-13/h3-7,9-10,12H,2,8,11H2,1H3,(H,21,22,24). The Morgan fingerprint density at radius 1 is 1.25 bits per heavy atom. The molecule has 0 bridgehead atoms. The Morgan fingerprint density at radius 2 is 2.04 bits per heavy atom. The summed E-state index contributed by atoms with van der Waals surface area (Å²) in [6.45, 7) is 1.86. The minimum absolute atomic E-state index is 0.0461. The second-order valence-corrected chi connectivity index (χ2v) is 6.64. The van der Waals surface area contributed by atoms with Gasteiger partial charge in [-0.2, -0.15) is 0 Å². The monoisotopic (exact) mass is 398 g/mol. The predicted octanol–water partition coefficient (Wildman–Crippen LogP) is 2.11. The number of anilines is 1. The zero-order chi connectivity index (χ0) is 19.9. The fourth-order valence-corrected chi connectivity index (χ4v) is 3.17. The summed E-state index contributed by atoms with van der Waals surface area (Å²) in [5.41, 5.74) is 1.59. The number of nitrogens with one attached hydrogen (secondary N) is 1. The first-order chi connectivity index (χ1) is 13.5. The number of nitrogens with zero attached hydrogens (tertiary/aromatic N) is 3. The first-order valence-electron chi connectivity index (χ1n) is 8.57. The molecule has 0 radical (unpaired) electrons. The lowest BCUT2D eigenvalue weighted by atomic mass is 10.2. The molecular weight excluding hydrogens is 380 g/mol. The fourth-order valence-electron chi connectivity index (χ4n) is 2.44. The van der Waals surface area contributed by atoms with Crippen LogP contribution in [-0.2, 0) is 27.3 Å². The van der Waals surface area contributed by atoms with Gasteiger partial charge in [-0.3, -0.25) is 14.4 Å². The smallest absolute Gasteiger partial charge is 0.311 e. The van der Waals surface area contributed by atoms with E-state index >= 15 is 0 Å². The van der Waals surface area contributed by atoms with Crippen molar-refractivity contribution >= 4 is 28.3 Å². The van der Waals surface area contributed by atoms with Gasteiger partial charge in [0.15, 0.2) is 5.13 Å². The second kappa shape index (κ2) is 9.05. The lowest BCUT2D eigenvalue weighted by molar-refractivity contribution is -0.142. The SMILES string of the molecule is CCOC(=O)Cc1csc(NC(=O)Cn2cc(-c3ccccc3)ncc2=O)n1. The van der Waals surface area contributed by atoms with Crippen LogP contribution < -0.4 is 10.9 Å². The normalized spacial score (nSPS) is 10.5. The van der Waals surface area contributed by atoms with E-state index in [0.717, 1.165) is 5.56 Å². The van der Waals surface area contributed by atoms with Gasteiger partial charge in [-0.05, 0) is 6.92 Å². The van der Waals surface area contributed by atoms with Crippen molar-refractivity contribution in [2.45, 2.75) is 19.9 Å². The Hall–Kier alpha value is -3.33. The summed E-state index contributed by atoms with van der Waals surface area (Å²) in [5, 5.41) is 4.67. The Morgan fingerprint density at radius 3 is 2.79 bits per heavy atom. The molecular formula is C19H18N4O4S. The average molecular weight is 398 g/mol. The molecule has 0 atom stereocenters. The van der Waals surface area contributed by atoms with E-state index in [4.69, 9.17) is 4.74 Å². The van der Waals surface area contributed by atoms with Crippen LogP contribution in [0.5, 0.6) is 0 Å². The van der Waals surface area contributed by atoms with Gasteiger partial charge in [-0.1, -0.05) is 30.3 Å². The molecule has 1 amide bonds. The molecule has 0 saturated heterocycles. The van der Waals surface area contributed by atoms with Crippen molar-refractivity contribution in [3.05, 3.63) is 64.2 Å². The average Bonchev–Trinajstić information content (AvgIpc) is 3.11. The maximum absolute atomic E-state index is 12.3. The van der Waals surface area contributed by atoms with E-state index in [0.29, 0.717) is 23.1 Å². The van der Waals surface area contributed by atoms with Gasteiger partial charge in [-0.15, -0.1) is 11.3 Å². The van der Waals surface area contributed by atoms with E-state index in [1.165, 1.54) is 22.1 Å². The molecule has 28 heavy (non-hydrogen) atoms. The molecule has 3 aromatic rings. The Labute approximate surface area is 164 Å². The molecule has 0 fully saturated rings. The predicted molar refractivity (Wildman–Crippen MR) is 105 cm³/mol. The number of amides is 1. The molecule has 3 rings (SSSR count). The Bertz CT molecular complexity index is 1030. The van der Waals surface area contributed by atoms with Crippen molar-refractivity contribution in [3.8, 4) is 11.3 Å². The maximum atomic E-state index is 12.3. The minimum Gasteiger partial charge on any atom is -0.466 e. The van der Waals surface area contributed by atoms with Crippen LogP contribution in [0.2, 0.25) is 0 Å². The van der Waals surface area contributed by atoms with Gasteiger partial charge in [-0.25, -0.2) is 9.97 Å². The van der Waals surface area contributed by atoms with Gasteiger partial charge < -0.3 is 14.6 Å². The van der Waals surface area contributed by atoms with E-state index < -0.39 is 5.91 Å². The molecule has 9 heteroatoms. The van der Waals surface area contributed by atoms with Gasteiger partial charge in [0.25, 0.3) is 5.56 Å². The third kappa shape index (κ3) is 5.10. The molecule has 0 aliphatic rings. The highest BCUT2D eigenvalue weighted by Gasteiger charge is 2.12. The lowest BCUT2D eigenvalue weighted by Gasteiger charge is -2.07. The highest BCUT2D eigenvalue weighted by molar-refractivity contribution is 7.13. The Balaban J connectivity index is 1.66. The first kappa shape index (κ1) is 19.4. The van der Waals surface area contributed by atoms with Crippen LogP contribution in [0, 0.1) is 0 Å². The van der Waals surface area contributed by atoms with Crippen molar-refractivity contribution in [2.24, 2.45) is 0 Å². The molecule has 0 unspecified atom stereocenters. The maximum Gasteiger partial charge on any atom is 0.311 e. The molecule has 2 aromatic heterocycles. The summed E-state index contributed by atoms with van der Waals surface area (Å²) in [7, 11) is 0. The van der Waals surface area contributed by atoms with Crippen molar-refractivity contribution in [1.29, 1.82) is 0 Å². The van der Waals surface area contributed by atoms with Crippen molar-refractivity contribution in [1.82, 2.24) is 14.5 Å². The summed E-state index contributed by atoms with van der Waals surface area (Å²) in [4.78, 5) is 44.1. The van der Waals surface area contributed by atoms with E-state index in [9.17, 15) is 14.4 Å². The number of aromatic nitrogens is 3. The number of esters is 1. The van der Waals surface area contributed by atoms with Crippen molar-refractivity contribution < 1.29 is 14.3 Å². The highest BCUT2D eigenvalue weighted by Crippen LogP contribution is 2.17. The zero-order valence-corrected chi connectivity index (χ0v) is 15.9. The molecule has 1 N–H and O–H groups in total. The molecule has 0 aliphatic carbocycles. The number of carbonyl (C=O) groups is 2. The van der Waals surface area contributed by atoms with E-state index in [-0.39, 0.29) is 24.5 Å². The van der Waals surface area contributed by atoms with Crippen LogP contribution in [0.25, 0.3) is 11.3 Å². The van der Waals surface area contributed by atoms with Gasteiger partial charge in [0.2, 0.25) is 5.91 Å². The van der Waals surface area contributed by atoms with Gasteiger partial charge >= 0.3 is 5.97 Å². The lowest BCUT2D eigenvalue weighted by Crippen LogP contribution is -2.27. The quantitative estimate of drug-likeness (QED) is 0.612. The number of carbonyl (C=O) groups excluding carboxylic acids is 2. The van der Waals surface area contributed by atoms with Crippen LogP contribution in [0.1, 0.15) is 12.6 Å². The number of ether oxygens (including phenoxy) is 1. The Kier molecular flexibility index (Phi) is 6.28. The number of hydrogen-bond donors (Lipinski definition) is 1. The zero-order valence-electron chi connectivity index (χ0n) is 15.1. The van der Waals surface area contributed by atoms with Crippen LogP contribution in [0.3, 0.4) is 0 Å². The molecule has 144 valence electrons. The third-order valence-corrected chi connectivity index (χ3v) is 4.49. The van der Waals surface area contributed by atoms with Crippen LogP contribution in [0.15, 0.2) is 52.9 Å². The van der Waals surface area contributed by atoms with Crippen LogP contribution in [0.4, 0.5) is 5.13 Å². The summed E-state index contributed by atoms with van der Waals surface area (Å²) in [6, 6.07) is 9.37. The summed E-state index contributed by atoms with van der Waals surface area (Å²) in [5.74, 6) is -0.771. The van der Waals surface area contributed by atoms with E-state index in [2.05, 4.69) is 15.3 Å². The fraction of sp³-hybridized carbons (Fsp3) is 0.211. The van der Waals surface area contributed by atoms with Crippen LogP contribution in [-0.4, -0.2) is 33.0 Å². The molecule has 2 heterocycles. The largest absolute Gasteiger partial charge is 0.466 e. The number of rotatable bonds is 7. The molecule has 0 aliphatic heterocycles. The van der Waals surface area contributed by atoms with Crippen LogP contribution >= 0.6 is 11.3 Å². The highest BCUT2D eigenvalue weighted by atomic mass is 32.1. The topological polar surface area (TPSA) is 103 Å².